The van der Waals surface area contributed by atoms with Crippen LogP contribution in [0.25, 0.3) is 111 Å². The highest BCUT2D eigenvalue weighted by molar-refractivity contribution is 6.31. The number of nitrogens with zero attached hydrogens (tertiary/aromatic N) is 4. The molecule has 0 saturated carbocycles. The summed E-state index contributed by atoms with van der Waals surface area (Å²) in [6, 6.07) is 65.3. The maximum absolute atomic E-state index is 5.33. The van der Waals surface area contributed by atoms with E-state index in [0.29, 0.717) is 5.95 Å². The second kappa shape index (κ2) is 11.1. The average Bonchev–Trinajstić information content (AvgIpc) is 3.72. The third kappa shape index (κ3) is 4.08. The first-order valence-corrected chi connectivity index (χ1v) is 18.4. The van der Waals surface area contributed by atoms with Crippen molar-refractivity contribution in [2.24, 2.45) is 0 Å². The Morgan fingerprint density at radius 2 is 0.926 bits per heavy atom. The van der Waals surface area contributed by atoms with Crippen molar-refractivity contribution in [1.29, 1.82) is 0 Å². The van der Waals surface area contributed by atoms with Crippen LogP contribution >= 0.6 is 0 Å². The Balaban J connectivity index is 1.22. The third-order valence-electron chi connectivity index (χ3n) is 11.3. The van der Waals surface area contributed by atoms with Gasteiger partial charge in [-0.1, -0.05) is 133 Å². The van der Waals surface area contributed by atoms with Crippen molar-refractivity contribution in [2.45, 2.75) is 0 Å². The average molecular weight is 687 g/mol. The van der Waals surface area contributed by atoms with Crippen LogP contribution in [0, 0.1) is 0 Å². The maximum Gasteiger partial charge on any atom is 0.235 e. The number of fused-ring (bicyclic) bond motifs is 6. The molecule has 4 heteroatoms. The minimum absolute atomic E-state index is 0.657. The van der Waals surface area contributed by atoms with E-state index >= 15 is 0 Å². The zero-order valence-electron chi connectivity index (χ0n) is 29.1. The molecule has 1 aliphatic rings. The molecule has 1 aliphatic carbocycles. The SMILES string of the molecule is c1ccc(-c2cc(-c3ccccc3)nc(-n3c4cccc5c4c4c6c(cccc6ccc43)-c3cc4c6ccccc6n(-c6ccccc6)c4cc3-5)n2)cc1. The molecule has 0 atom stereocenters. The molecule has 3 heterocycles. The van der Waals surface area contributed by atoms with E-state index < -0.39 is 0 Å². The van der Waals surface area contributed by atoms with Crippen LogP contribution in [0.4, 0.5) is 0 Å². The van der Waals surface area contributed by atoms with Crippen LogP contribution in [0.3, 0.4) is 0 Å². The van der Waals surface area contributed by atoms with Crippen LogP contribution in [0.2, 0.25) is 0 Å². The Labute approximate surface area is 310 Å². The van der Waals surface area contributed by atoms with Crippen molar-refractivity contribution in [1.82, 2.24) is 19.1 Å². The van der Waals surface area contributed by atoms with Gasteiger partial charge in [-0.3, -0.25) is 4.57 Å². The molecule has 0 spiro atoms. The Hall–Kier alpha value is -7.30. The number of para-hydroxylation sites is 2. The first kappa shape index (κ1) is 29.3. The van der Waals surface area contributed by atoms with Crippen LogP contribution in [-0.4, -0.2) is 19.1 Å². The van der Waals surface area contributed by atoms with E-state index in [9.17, 15) is 0 Å². The van der Waals surface area contributed by atoms with Gasteiger partial charge in [-0.15, -0.1) is 0 Å². The van der Waals surface area contributed by atoms with Crippen LogP contribution in [-0.2, 0) is 0 Å². The molecule has 8 aromatic carbocycles. The van der Waals surface area contributed by atoms with Crippen LogP contribution < -0.4 is 0 Å². The number of aromatic nitrogens is 4. The number of rotatable bonds is 4. The molecule has 0 unspecified atom stereocenters. The lowest BCUT2D eigenvalue weighted by atomic mass is 9.91. The minimum atomic E-state index is 0.657. The van der Waals surface area contributed by atoms with E-state index in [4.69, 9.17) is 9.97 Å². The minimum Gasteiger partial charge on any atom is -0.309 e. The van der Waals surface area contributed by atoms with E-state index in [1.165, 1.54) is 65.6 Å². The second-order valence-electron chi connectivity index (χ2n) is 14.2. The van der Waals surface area contributed by atoms with E-state index in [-0.39, 0.29) is 0 Å². The lowest BCUT2D eigenvalue weighted by molar-refractivity contribution is 0.996. The van der Waals surface area contributed by atoms with Gasteiger partial charge in [0.2, 0.25) is 5.95 Å². The van der Waals surface area contributed by atoms with E-state index in [1.807, 2.05) is 12.1 Å². The van der Waals surface area contributed by atoms with E-state index in [2.05, 4.69) is 179 Å². The smallest absolute Gasteiger partial charge is 0.235 e. The van der Waals surface area contributed by atoms with Crippen molar-refractivity contribution in [3.63, 3.8) is 0 Å². The predicted molar refractivity (Wildman–Crippen MR) is 224 cm³/mol. The first-order chi connectivity index (χ1) is 26.8. The van der Waals surface area contributed by atoms with Gasteiger partial charge in [0, 0.05) is 38.4 Å². The molecule has 3 aromatic heterocycles. The summed E-state index contributed by atoms with van der Waals surface area (Å²) >= 11 is 0. The van der Waals surface area contributed by atoms with Crippen molar-refractivity contribution in [3.8, 4) is 56.4 Å². The molecule has 12 rings (SSSR count). The predicted octanol–water partition coefficient (Wildman–Crippen LogP) is 12.8. The summed E-state index contributed by atoms with van der Waals surface area (Å²) < 4.78 is 4.70. The Kier molecular flexibility index (Phi) is 6.02. The summed E-state index contributed by atoms with van der Waals surface area (Å²) in [5.74, 6) is 0.657. The highest BCUT2D eigenvalue weighted by Gasteiger charge is 2.27. The molecule has 0 saturated heterocycles. The van der Waals surface area contributed by atoms with Crippen molar-refractivity contribution >= 4 is 54.4 Å². The Morgan fingerprint density at radius 1 is 0.333 bits per heavy atom. The fraction of sp³-hybridized carbons (Fsp3) is 0. The number of hydrogen-bond acceptors (Lipinski definition) is 2. The lowest BCUT2D eigenvalue weighted by Crippen LogP contribution is -2.04. The lowest BCUT2D eigenvalue weighted by Gasteiger charge is -2.15. The molecular weight excluding hydrogens is 657 g/mol. The molecule has 0 fully saturated rings. The second-order valence-corrected chi connectivity index (χ2v) is 14.2. The van der Waals surface area contributed by atoms with Gasteiger partial charge in [0.1, 0.15) is 0 Å². The van der Waals surface area contributed by atoms with Crippen molar-refractivity contribution in [3.05, 3.63) is 182 Å². The van der Waals surface area contributed by atoms with Crippen molar-refractivity contribution < 1.29 is 0 Å². The Bertz CT molecular complexity index is 3240. The molecule has 0 amide bonds. The molecule has 54 heavy (non-hydrogen) atoms. The molecule has 11 aromatic rings. The van der Waals surface area contributed by atoms with Gasteiger partial charge in [0.15, 0.2) is 0 Å². The topological polar surface area (TPSA) is 35.6 Å². The van der Waals surface area contributed by atoms with Crippen molar-refractivity contribution in [2.75, 3.05) is 0 Å². The summed E-state index contributed by atoms with van der Waals surface area (Å²) in [5.41, 5.74) is 14.5. The van der Waals surface area contributed by atoms with Crippen LogP contribution in [0.15, 0.2) is 182 Å². The molecule has 0 bridgehead atoms. The standard InChI is InChI=1S/C50H30N4/c1-4-14-31(15-5-1)41-30-42(32-16-6-2-7-17-32)52-50(51-41)54-44-25-13-23-37-39-29-46-40(35-21-10-11-24-43(35)53(46)34-19-8-3-9-20-34)28-38(39)36-22-12-18-33-26-27-45(54)49(47(33)36)48(37)44/h1-30H. The molecular formula is C50H30N4. The van der Waals surface area contributed by atoms with Gasteiger partial charge < -0.3 is 4.57 Å². The zero-order valence-corrected chi connectivity index (χ0v) is 29.1. The fourth-order valence-electron chi connectivity index (χ4n) is 8.96. The van der Waals surface area contributed by atoms with Crippen LogP contribution in [0.1, 0.15) is 0 Å². The number of benzene rings is 8. The van der Waals surface area contributed by atoms with E-state index in [0.717, 1.165) is 39.2 Å². The van der Waals surface area contributed by atoms with Gasteiger partial charge in [0.05, 0.1) is 33.5 Å². The molecule has 4 nitrogen and oxygen atoms in total. The summed E-state index contributed by atoms with van der Waals surface area (Å²) in [7, 11) is 0. The summed E-state index contributed by atoms with van der Waals surface area (Å²) in [5, 5.41) is 7.44. The quantitative estimate of drug-likeness (QED) is 0.185. The monoisotopic (exact) mass is 686 g/mol. The third-order valence-corrected chi connectivity index (χ3v) is 11.3. The summed E-state index contributed by atoms with van der Waals surface area (Å²) in [6.45, 7) is 0. The summed E-state index contributed by atoms with van der Waals surface area (Å²) in [6.07, 6.45) is 0. The largest absolute Gasteiger partial charge is 0.309 e. The van der Waals surface area contributed by atoms with Gasteiger partial charge in [0.25, 0.3) is 0 Å². The molecule has 0 radical (unpaired) electrons. The summed E-state index contributed by atoms with van der Waals surface area (Å²) in [4.78, 5) is 10.7. The fourth-order valence-corrected chi connectivity index (χ4v) is 8.96. The van der Waals surface area contributed by atoms with Gasteiger partial charge in [-0.05, 0) is 81.6 Å². The van der Waals surface area contributed by atoms with Gasteiger partial charge in [-0.2, -0.15) is 0 Å². The highest BCUT2D eigenvalue weighted by Crippen LogP contribution is 2.51. The van der Waals surface area contributed by atoms with Crippen LogP contribution in [0.5, 0.6) is 0 Å². The normalized spacial score (nSPS) is 12.1. The van der Waals surface area contributed by atoms with E-state index in [1.54, 1.807) is 0 Å². The molecule has 0 aliphatic heterocycles. The zero-order chi connectivity index (χ0) is 35.3. The first-order valence-electron chi connectivity index (χ1n) is 18.4. The van der Waals surface area contributed by atoms with Gasteiger partial charge in [-0.25, -0.2) is 9.97 Å². The maximum atomic E-state index is 5.33. The van der Waals surface area contributed by atoms with Gasteiger partial charge >= 0.3 is 0 Å². The highest BCUT2D eigenvalue weighted by atomic mass is 15.2. The molecule has 250 valence electrons. The number of hydrogen-bond donors (Lipinski definition) is 0. The molecule has 0 N–H and O–H groups in total. The Morgan fingerprint density at radius 3 is 1.67 bits per heavy atom.